The van der Waals surface area contributed by atoms with Crippen LogP contribution in [0.25, 0.3) is 0 Å². The van der Waals surface area contributed by atoms with Crippen molar-refractivity contribution in [1.82, 2.24) is 19.7 Å². The Hall–Kier alpha value is -2.83. The van der Waals surface area contributed by atoms with Crippen LogP contribution in [0.2, 0.25) is 0 Å². The predicted molar refractivity (Wildman–Crippen MR) is 84.2 cm³/mol. The van der Waals surface area contributed by atoms with Crippen LogP contribution in [0.4, 0.5) is 30.6 Å². The first kappa shape index (κ1) is 17.0. The van der Waals surface area contributed by atoms with Gasteiger partial charge >= 0.3 is 6.18 Å². The molecule has 0 bridgehead atoms. The fourth-order valence-electron chi connectivity index (χ4n) is 2.57. The van der Waals surface area contributed by atoms with Gasteiger partial charge in [0.15, 0.2) is 0 Å². The third-order valence-electron chi connectivity index (χ3n) is 4.26. The van der Waals surface area contributed by atoms with Gasteiger partial charge in [-0.3, -0.25) is 4.68 Å². The van der Waals surface area contributed by atoms with Crippen LogP contribution < -0.4 is 10.6 Å². The molecule has 1 unspecified atom stereocenters. The van der Waals surface area contributed by atoms with Crippen LogP contribution >= 0.6 is 0 Å². The largest absolute Gasteiger partial charge is 0.421 e. The van der Waals surface area contributed by atoms with Crippen molar-refractivity contribution in [3.63, 3.8) is 0 Å². The summed E-state index contributed by atoms with van der Waals surface area (Å²) in [6.07, 6.45) is -1.38. The summed E-state index contributed by atoms with van der Waals surface area (Å²) in [6.45, 7) is 3.62. The topological polar surface area (TPSA) is 91.5 Å². The molecule has 2 heterocycles. The van der Waals surface area contributed by atoms with Crippen molar-refractivity contribution >= 4 is 17.5 Å². The number of halogens is 3. The summed E-state index contributed by atoms with van der Waals surface area (Å²) in [5.41, 5.74) is -0.147. The van der Waals surface area contributed by atoms with E-state index < -0.39 is 17.2 Å². The zero-order valence-corrected chi connectivity index (χ0v) is 13.8. The first-order valence-electron chi connectivity index (χ1n) is 7.54. The van der Waals surface area contributed by atoms with Crippen molar-refractivity contribution in [2.75, 3.05) is 17.7 Å². The molecular weight excluding hydrogens is 335 g/mol. The van der Waals surface area contributed by atoms with E-state index in [2.05, 4.69) is 31.8 Å². The lowest BCUT2D eigenvalue weighted by atomic mass is 10.2. The molecule has 0 spiro atoms. The molecule has 0 amide bonds. The lowest BCUT2D eigenvalue weighted by Crippen LogP contribution is -2.12. The molecule has 2 aromatic rings. The van der Waals surface area contributed by atoms with Crippen LogP contribution in [-0.2, 0) is 6.18 Å². The zero-order valence-electron chi connectivity index (χ0n) is 13.8. The molecule has 25 heavy (non-hydrogen) atoms. The number of nitriles is 1. The minimum absolute atomic E-state index is 0.00635. The minimum atomic E-state index is -4.54. The number of hydrogen-bond donors (Lipinski definition) is 2. The highest BCUT2D eigenvalue weighted by Gasteiger charge is 2.53. The Labute approximate surface area is 141 Å². The standard InChI is InChI=1S/C15H16F3N7/c1-8-10(6-25(24-8)11-4-14(11,2)7-19)22-13-21-5-9(15(16,17)18)12(20-3)23-13/h5-6,11H,4H2,1-3H3,(H2,20,21,22,23)/t11?,14-/m0/s1. The molecule has 132 valence electrons. The summed E-state index contributed by atoms with van der Waals surface area (Å²) in [6, 6.07) is 2.25. The molecule has 2 N–H and O–H groups in total. The molecule has 0 radical (unpaired) electrons. The first-order valence-corrected chi connectivity index (χ1v) is 7.54. The van der Waals surface area contributed by atoms with Crippen LogP contribution in [0.15, 0.2) is 12.4 Å². The van der Waals surface area contributed by atoms with Gasteiger partial charge in [0.2, 0.25) is 5.95 Å². The van der Waals surface area contributed by atoms with Gasteiger partial charge in [-0.25, -0.2) is 4.98 Å². The molecule has 0 aliphatic heterocycles. The van der Waals surface area contributed by atoms with Crippen LogP contribution in [0, 0.1) is 23.7 Å². The summed E-state index contributed by atoms with van der Waals surface area (Å²) in [5, 5.41) is 18.8. The van der Waals surface area contributed by atoms with Gasteiger partial charge in [-0.15, -0.1) is 0 Å². The lowest BCUT2D eigenvalue weighted by molar-refractivity contribution is -0.137. The van der Waals surface area contributed by atoms with E-state index in [0.717, 1.165) is 6.20 Å². The number of nitrogens with zero attached hydrogens (tertiary/aromatic N) is 5. The Bertz CT molecular complexity index is 852. The Morgan fingerprint density at radius 3 is 2.72 bits per heavy atom. The molecule has 3 rings (SSSR count). The average Bonchev–Trinajstić information content (AvgIpc) is 3.12. The molecule has 7 nitrogen and oxygen atoms in total. The Morgan fingerprint density at radius 2 is 2.16 bits per heavy atom. The normalized spacial score (nSPS) is 22.4. The molecule has 0 saturated heterocycles. The maximum atomic E-state index is 12.9. The number of alkyl halides is 3. The van der Waals surface area contributed by atoms with Gasteiger partial charge in [-0.2, -0.15) is 28.5 Å². The number of rotatable bonds is 4. The Kier molecular flexibility index (Phi) is 3.82. The maximum absolute atomic E-state index is 12.9. The van der Waals surface area contributed by atoms with Crippen molar-refractivity contribution in [1.29, 1.82) is 5.26 Å². The Balaban J connectivity index is 1.84. The average molecular weight is 351 g/mol. The fraction of sp³-hybridized carbons (Fsp3) is 0.467. The van der Waals surface area contributed by atoms with E-state index in [-0.39, 0.29) is 17.8 Å². The second-order valence-corrected chi connectivity index (χ2v) is 6.19. The quantitative estimate of drug-likeness (QED) is 0.878. The van der Waals surface area contributed by atoms with Crippen molar-refractivity contribution < 1.29 is 13.2 Å². The fourth-order valence-corrected chi connectivity index (χ4v) is 2.57. The van der Waals surface area contributed by atoms with E-state index in [0.29, 0.717) is 17.8 Å². The van der Waals surface area contributed by atoms with Gasteiger partial charge in [-0.05, 0) is 20.3 Å². The van der Waals surface area contributed by atoms with Crippen LogP contribution in [0.3, 0.4) is 0 Å². The molecule has 2 atom stereocenters. The van der Waals surface area contributed by atoms with Crippen LogP contribution in [0.1, 0.15) is 30.6 Å². The van der Waals surface area contributed by atoms with Crippen molar-refractivity contribution in [3.8, 4) is 6.07 Å². The van der Waals surface area contributed by atoms with Gasteiger partial charge in [0.1, 0.15) is 11.4 Å². The second-order valence-electron chi connectivity index (χ2n) is 6.19. The molecular formula is C15H16F3N7. The summed E-state index contributed by atoms with van der Waals surface area (Å²) in [4.78, 5) is 7.60. The number of aryl methyl sites for hydroxylation is 1. The van der Waals surface area contributed by atoms with Gasteiger partial charge in [0.05, 0.1) is 28.9 Å². The smallest absolute Gasteiger partial charge is 0.372 e. The summed E-state index contributed by atoms with van der Waals surface area (Å²) in [5.74, 6) is -0.284. The lowest BCUT2D eigenvalue weighted by Gasteiger charge is -2.12. The maximum Gasteiger partial charge on any atom is 0.421 e. The Morgan fingerprint density at radius 1 is 1.44 bits per heavy atom. The third-order valence-corrected chi connectivity index (χ3v) is 4.26. The van der Waals surface area contributed by atoms with E-state index in [1.165, 1.54) is 7.05 Å². The van der Waals surface area contributed by atoms with Crippen molar-refractivity contribution in [2.24, 2.45) is 5.41 Å². The number of nitrogens with one attached hydrogen (secondary N) is 2. The van der Waals surface area contributed by atoms with Crippen molar-refractivity contribution in [2.45, 2.75) is 32.5 Å². The van der Waals surface area contributed by atoms with E-state index in [1.807, 2.05) is 6.92 Å². The molecule has 2 aromatic heterocycles. The SMILES string of the molecule is CNc1nc(Nc2cn(C3C[C@@]3(C)C#N)nc2C)ncc1C(F)(F)F. The monoisotopic (exact) mass is 351 g/mol. The number of hydrogen-bond acceptors (Lipinski definition) is 6. The molecule has 1 aliphatic rings. The van der Waals surface area contributed by atoms with Gasteiger partial charge < -0.3 is 10.6 Å². The van der Waals surface area contributed by atoms with Gasteiger partial charge in [0, 0.05) is 19.4 Å². The second kappa shape index (κ2) is 5.61. The van der Waals surface area contributed by atoms with Crippen LogP contribution in [0.5, 0.6) is 0 Å². The van der Waals surface area contributed by atoms with Crippen molar-refractivity contribution in [3.05, 3.63) is 23.7 Å². The van der Waals surface area contributed by atoms with E-state index in [1.54, 1.807) is 17.8 Å². The van der Waals surface area contributed by atoms with Gasteiger partial charge in [-0.1, -0.05) is 0 Å². The van der Waals surface area contributed by atoms with E-state index in [4.69, 9.17) is 5.26 Å². The molecule has 10 heteroatoms. The third kappa shape index (κ3) is 3.09. The summed E-state index contributed by atoms with van der Waals surface area (Å²) < 4.78 is 40.3. The van der Waals surface area contributed by atoms with E-state index >= 15 is 0 Å². The predicted octanol–water partition coefficient (Wildman–Crippen LogP) is 3.26. The van der Waals surface area contributed by atoms with Gasteiger partial charge in [0.25, 0.3) is 0 Å². The van der Waals surface area contributed by atoms with Crippen LogP contribution in [-0.4, -0.2) is 26.8 Å². The number of aromatic nitrogens is 4. The number of anilines is 3. The summed E-state index contributed by atoms with van der Waals surface area (Å²) in [7, 11) is 1.36. The molecule has 1 aliphatic carbocycles. The van der Waals surface area contributed by atoms with E-state index in [9.17, 15) is 13.2 Å². The highest BCUT2D eigenvalue weighted by Crippen LogP contribution is 2.55. The highest BCUT2D eigenvalue weighted by atomic mass is 19.4. The molecule has 1 saturated carbocycles. The first-order chi connectivity index (χ1) is 11.7. The highest BCUT2D eigenvalue weighted by molar-refractivity contribution is 5.58. The summed E-state index contributed by atoms with van der Waals surface area (Å²) >= 11 is 0. The minimum Gasteiger partial charge on any atom is -0.372 e. The molecule has 1 fully saturated rings. The molecule has 0 aromatic carbocycles. The zero-order chi connectivity index (χ0) is 18.4.